The highest BCUT2D eigenvalue weighted by molar-refractivity contribution is 5.79. The van der Waals surface area contributed by atoms with E-state index in [0.29, 0.717) is 19.6 Å². The van der Waals surface area contributed by atoms with Crippen LogP contribution in [-0.2, 0) is 17.8 Å². The van der Waals surface area contributed by atoms with Crippen LogP contribution in [-0.4, -0.2) is 47.7 Å². The van der Waals surface area contributed by atoms with E-state index >= 15 is 0 Å². The molecule has 1 atom stereocenters. The third kappa shape index (κ3) is 3.37. The molecule has 0 unspecified atom stereocenters. The van der Waals surface area contributed by atoms with Crippen molar-refractivity contribution >= 4 is 5.91 Å². The average molecular weight is 329 g/mol. The molecule has 6 heteroatoms. The number of carbonyl (C=O) groups excluding carboxylic acids is 1. The van der Waals surface area contributed by atoms with Crippen molar-refractivity contribution in [3.63, 3.8) is 0 Å². The molecule has 0 saturated heterocycles. The van der Waals surface area contributed by atoms with Gasteiger partial charge in [-0.1, -0.05) is 6.07 Å². The second kappa shape index (κ2) is 6.95. The highest BCUT2D eigenvalue weighted by Gasteiger charge is 2.28. The van der Waals surface area contributed by atoms with Gasteiger partial charge in [0, 0.05) is 38.6 Å². The van der Waals surface area contributed by atoms with Crippen LogP contribution < -0.4 is 9.47 Å². The van der Waals surface area contributed by atoms with Gasteiger partial charge in [0.05, 0.1) is 13.0 Å². The fourth-order valence-electron chi connectivity index (χ4n) is 2.96. The molecule has 0 aliphatic carbocycles. The molecule has 2 aromatic rings. The number of ether oxygens (including phenoxy) is 2. The SMILES string of the molecule is COc1ccc2c(c1)OC[C@@H](C(=O)N(C)CCn1ccnc1C)C2. The number of hydrogen-bond donors (Lipinski definition) is 0. The summed E-state index contributed by atoms with van der Waals surface area (Å²) in [6.45, 7) is 3.77. The first-order valence-corrected chi connectivity index (χ1v) is 8.11. The first-order chi connectivity index (χ1) is 11.6. The van der Waals surface area contributed by atoms with Gasteiger partial charge in [-0.25, -0.2) is 4.98 Å². The zero-order valence-electron chi connectivity index (χ0n) is 14.4. The molecule has 0 spiro atoms. The summed E-state index contributed by atoms with van der Waals surface area (Å²) >= 11 is 0. The van der Waals surface area contributed by atoms with E-state index in [4.69, 9.17) is 9.47 Å². The van der Waals surface area contributed by atoms with Gasteiger partial charge in [0.2, 0.25) is 5.91 Å². The minimum Gasteiger partial charge on any atom is -0.497 e. The van der Waals surface area contributed by atoms with Crippen LogP contribution in [0.2, 0.25) is 0 Å². The Morgan fingerprint density at radius 2 is 2.33 bits per heavy atom. The highest BCUT2D eigenvalue weighted by atomic mass is 16.5. The van der Waals surface area contributed by atoms with Gasteiger partial charge in [-0.2, -0.15) is 0 Å². The number of hydrogen-bond acceptors (Lipinski definition) is 4. The van der Waals surface area contributed by atoms with Crippen LogP contribution >= 0.6 is 0 Å². The van der Waals surface area contributed by atoms with Crippen molar-refractivity contribution in [1.82, 2.24) is 14.5 Å². The van der Waals surface area contributed by atoms with E-state index < -0.39 is 0 Å². The lowest BCUT2D eigenvalue weighted by Gasteiger charge is -2.28. The zero-order chi connectivity index (χ0) is 17.1. The summed E-state index contributed by atoms with van der Waals surface area (Å²) < 4.78 is 13.0. The predicted octanol–water partition coefficient (Wildman–Crippen LogP) is 1.91. The number of methoxy groups -OCH3 is 1. The maximum atomic E-state index is 12.7. The molecule has 1 aromatic carbocycles. The van der Waals surface area contributed by atoms with Crippen LogP contribution in [0.1, 0.15) is 11.4 Å². The number of benzene rings is 1. The zero-order valence-corrected chi connectivity index (χ0v) is 14.4. The summed E-state index contributed by atoms with van der Waals surface area (Å²) in [6.07, 6.45) is 4.41. The van der Waals surface area contributed by atoms with Crippen molar-refractivity contribution in [1.29, 1.82) is 0 Å². The standard InChI is InChI=1S/C18H23N3O3/c1-13-19-6-7-21(13)9-8-20(2)18(22)15-10-14-4-5-16(23-3)11-17(14)24-12-15/h4-7,11,15H,8-10,12H2,1-3H3/t15-/m0/s1. The van der Waals surface area contributed by atoms with Gasteiger partial charge >= 0.3 is 0 Å². The van der Waals surface area contributed by atoms with Crippen molar-refractivity contribution < 1.29 is 14.3 Å². The molecule has 128 valence electrons. The van der Waals surface area contributed by atoms with Crippen LogP contribution in [0.3, 0.4) is 0 Å². The van der Waals surface area contributed by atoms with E-state index in [1.807, 2.05) is 42.9 Å². The second-order valence-corrected chi connectivity index (χ2v) is 6.11. The van der Waals surface area contributed by atoms with E-state index in [1.165, 1.54) is 0 Å². The summed E-state index contributed by atoms with van der Waals surface area (Å²) in [5.74, 6) is 2.52. The van der Waals surface area contributed by atoms with E-state index in [1.54, 1.807) is 18.2 Å². The number of aryl methyl sites for hydroxylation is 1. The number of rotatable bonds is 5. The number of imidazole rings is 1. The van der Waals surface area contributed by atoms with Crippen molar-refractivity contribution in [3.8, 4) is 11.5 Å². The first kappa shape index (κ1) is 16.4. The van der Waals surface area contributed by atoms with Gasteiger partial charge in [0.25, 0.3) is 0 Å². The van der Waals surface area contributed by atoms with E-state index in [0.717, 1.165) is 29.4 Å². The average Bonchev–Trinajstić information content (AvgIpc) is 3.03. The molecule has 6 nitrogen and oxygen atoms in total. The van der Waals surface area contributed by atoms with Gasteiger partial charge in [-0.3, -0.25) is 4.79 Å². The molecule has 1 amide bonds. The topological polar surface area (TPSA) is 56.6 Å². The predicted molar refractivity (Wildman–Crippen MR) is 90.3 cm³/mol. The number of likely N-dealkylation sites (N-methyl/N-ethyl adjacent to an activating group) is 1. The Hall–Kier alpha value is -2.50. The maximum Gasteiger partial charge on any atom is 0.229 e. The number of fused-ring (bicyclic) bond motifs is 1. The number of carbonyl (C=O) groups is 1. The summed E-state index contributed by atoms with van der Waals surface area (Å²) in [5, 5.41) is 0. The lowest BCUT2D eigenvalue weighted by molar-refractivity contribution is -0.135. The first-order valence-electron chi connectivity index (χ1n) is 8.11. The largest absolute Gasteiger partial charge is 0.497 e. The number of aromatic nitrogens is 2. The van der Waals surface area contributed by atoms with Gasteiger partial charge < -0.3 is 18.9 Å². The van der Waals surface area contributed by atoms with Gasteiger partial charge in [-0.15, -0.1) is 0 Å². The summed E-state index contributed by atoms with van der Waals surface area (Å²) in [7, 11) is 3.48. The van der Waals surface area contributed by atoms with E-state index in [2.05, 4.69) is 4.98 Å². The number of nitrogens with zero attached hydrogens (tertiary/aromatic N) is 3. The second-order valence-electron chi connectivity index (χ2n) is 6.11. The molecule has 1 aliphatic heterocycles. The normalized spacial score (nSPS) is 16.2. The monoisotopic (exact) mass is 329 g/mol. The lowest BCUT2D eigenvalue weighted by Crippen LogP contribution is -2.40. The summed E-state index contributed by atoms with van der Waals surface area (Å²) in [5.41, 5.74) is 1.05. The molecule has 0 N–H and O–H groups in total. The van der Waals surface area contributed by atoms with Crippen molar-refractivity contribution in [2.24, 2.45) is 5.92 Å². The van der Waals surface area contributed by atoms with Gasteiger partial charge in [-0.05, 0) is 25.0 Å². The Labute approximate surface area is 142 Å². The molecule has 0 saturated carbocycles. The Morgan fingerprint density at radius 3 is 3.04 bits per heavy atom. The smallest absolute Gasteiger partial charge is 0.229 e. The van der Waals surface area contributed by atoms with Crippen LogP contribution in [0.5, 0.6) is 11.5 Å². The van der Waals surface area contributed by atoms with Crippen LogP contribution in [0, 0.1) is 12.8 Å². The Bertz CT molecular complexity index is 726. The molecule has 3 rings (SSSR count). The minimum absolute atomic E-state index is 0.120. The summed E-state index contributed by atoms with van der Waals surface area (Å²) in [4.78, 5) is 18.6. The molecule has 0 bridgehead atoms. The van der Waals surface area contributed by atoms with Crippen molar-refractivity contribution in [2.75, 3.05) is 27.3 Å². The quantitative estimate of drug-likeness (QED) is 0.841. The highest BCUT2D eigenvalue weighted by Crippen LogP contribution is 2.31. The molecular formula is C18H23N3O3. The third-order valence-electron chi connectivity index (χ3n) is 4.51. The van der Waals surface area contributed by atoms with Gasteiger partial charge in [0.15, 0.2) is 0 Å². The Kier molecular flexibility index (Phi) is 4.74. The molecular weight excluding hydrogens is 306 g/mol. The number of amides is 1. The molecule has 1 aliphatic rings. The van der Waals surface area contributed by atoms with Crippen molar-refractivity contribution in [3.05, 3.63) is 42.0 Å². The molecule has 1 aromatic heterocycles. The van der Waals surface area contributed by atoms with Crippen LogP contribution in [0.25, 0.3) is 0 Å². The molecule has 24 heavy (non-hydrogen) atoms. The Balaban J connectivity index is 1.60. The fourth-order valence-corrected chi connectivity index (χ4v) is 2.96. The molecule has 0 fully saturated rings. The fraction of sp³-hybridized carbons (Fsp3) is 0.444. The van der Waals surface area contributed by atoms with Gasteiger partial charge in [0.1, 0.15) is 23.9 Å². The van der Waals surface area contributed by atoms with Crippen LogP contribution in [0.4, 0.5) is 0 Å². The summed E-state index contributed by atoms with van der Waals surface area (Å²) in [6, 6.07) is 5.75. The Morgan fingerprint density at radius 1 is 1.50 bits per heavy atom. The van der Waals surface area contributed by atoms with E-state index in [9.17, 15) is 4.79 Å². The molecule has 0 radical (unpaired) electrons. The molecule has 2 heterocycles. The van der Waals surface area contributed by atoms with Crippen molar-refractivity contribution in [2.45, 2.75) is 19.9 Å². The van der Waals surface area contributed by atoms with E-state index in [-0.39, 0.29) is 11.8 Å². The lowest BCUT2D eigenvalue weighted by atomic mass is 9.95. The maximum absolute atomic E-state index is 12.7. The third-order valence-corrected chi connectivity index (χ3v) is 4.51. The minimum atomic E-state index is -0.139. The van der Waals surface area contributed by atoms with Crippen LogP contribution in [0.15, 0.2) is 30.6 Å².